The molecule has 2 aliphatic heterocycles. The van der Waals surface area contributed by atoms with E-state index in [9.17, 15) is 9.59 Å². The Balaban J connectivity index is 1.79. The standard InChI is InChI=1S/C9H15N3O2/c13-8-3-7(5-11-8)12-9(14)6-1-2-10-4-6/h6-7,10H,1-5H2,(H,11,13)(H,12,14)/t6-,7?/m0/s1. The third kappa shape index (κ3) is 2.04. The number of hydrogen-bond acceptors (Lipinski definition) is 3. The van der Waals surface area contributed by atoms with Crippen LogP contribution in [0.15, 0.2) is 0 Å². The largest absolute Gasteiger partial charge is 0.354 e. The van der Waals surface area contributed by atoms with Crippen molar-refractivity contribution in [2.75, 3.05) is 19.6 Å². The Bertz CT molecular complexity index is 248. The topological polar surface area (TPSA) is 70.2 Å². The summed E-state index contributed by atoms with van der Waals surface area (Å²) in [5.74, 6) is 0.196. The first-order valence-corrected chi connectivity index (χ1v) is 5.03. The lowest BCUT2D eigenvalue weighted by molar-refractivity contribution is -0.125. The van der Waals surface area contributed by atoms with E-state index in [-0.39, 0.29) is 23.8 Å². The maximum absolute atomic E-state index is 11.6. The van der Waals surface area contributed by atoms with Gasteiger partial charge < -0.3 is 16.0 Å². The molecule has 1 unspecified atom stereocenters. The molecular weight excluding hydrogens is 182 g/mol. The van der Waals surface area contributed by atoms with Crippen LogP contribution in [0.5, 0.6) is 0 Å². The molecule has 78 valence electrons. The van der Waals surface area contributed by atoms with Crippen LogP contribution in [-0.4, -0.2) is 37.5 Å². The van der Waals surface area contributed by atoms with Crippen molar-refractivity contribution >= 4 is 11.8 Å². The zero-order valence-electron chi connectivity index (χ0n) is 8.01. The summed E-state index contributed by atoms with van der Waals surface area (Å²) in [6.45, 7) is 2.25. The van der Waals surface area contributed by atoms with E-state index < -0.39 is 0 Å². The molecule has 2 amide bonds. The molecule has 2 saturated heterocycles. The van der Waals surface area contributed by atoms with Gasteiger partial charge in [0.25, 0.3) is 0 Å². The van der Waals surface area contributed by atoms with Gasteiger partial charge in [-0.15, -0.1) is 0 Å². The highest BCUT2D eigenvalue weighted by Crippen LogP contribution is 2.08. The molecule has 2 fully saturated rings. The minimum Gasteiger partial charge on any atom is -0.354 e. The Morgan fingerprint density at radius 3 is 2.86 bits per heavy atom. The van der Waals surface area contributed by atoms with Crippen molar-refractivity contribution < 1.29 is 9.59 Å². The molecule has 0 spiro atoms. The second-order valence-corrected chi connectivity index (χ2v) is 3.90. The second-order valence-electron chi connectivity index (χ2n) is 3.90. The van der Waals surface area contributed by atoms with Crippen LogP contribution < -0.4 is 16.0 Å². The Morgan fingerprint density at radius 2 is 2.29 bits per heavy atom. The van der Waals surface area contributed by atoms with Gasteiger partial charge in [-0.25, -0.2) is 0 Å². The van der Waals surface area contributed by atoms with Gasteiger partial charge in [0, 0.05) is 19.5 Å². The van der Waals surface area contributed by atoms with Crippen LogP contribution in [0.4, 0.5) is 0 Å². The molecule has 3 N–H and O–H groups in total. The number of carbonyl (C=O) groups is 2. The van der Waals surface area contributed by atoms with E-state index in [0.717, 1.165) is 19.5 Å². The van der Waals surface area contributed by atoms with Crippen molar-refractivity contribution in [2.24, 2.45) is 5.92 Å². The summed E-state index contributed by atoms with van der Waals surface area (Å²) in [6.07, 6.45) is 1.33. The summed E-state index contributed by atoms with van der Waals surface area (Å²) in [7, 11) is 0. The molecule has 2 rings (SSSR count). The fourth-order valence-electron chi connectivity index (χ4n) is 1.90. The van der Waals surface area contributed by atoms with E-state index in [4.69, 9.17) is 0 Å². The van der Waals surface area contributed by atoms with Crippen molar-refractivity contribution in [3.8, 4) is 0 Å². The lowest BCUT2D eigenvalue weighted by Crippen LogP contribution is -2.40. The Hall–Kier alpha value is -1.10. The highest BCUT2D eigenvalue weighted by atomic mass is 16.2. The van der Waals surface area contributed by atoms with Gasteiger partial charge in [0.1, 0.15) is 0 Å². The molecule has 2 atom stereocenters. The first-order valence-electron chi connectivity index (χ1n) is 5.03. The molecule has 0 saturated carbocycles. The monoisotopic (exact) mass is 197 g/mol. The summed E-state index contributed by atoms with van der Waals surface area (Å²) in [5, 5.41) is 8.73. The minimum atomic E-state index is -0.00407. The lowest BCUT2D eigenvalue weighted by Gasteiger charge is -2.13. The zero-order valence-corrected chi connectivity index (χ0v) is 8.01. The van der Waals surface area contributed by atoms with Gasteiger partial charge in [-0.1, -0.05) is 0 Å². The highest BCUT2D eigenvalue weighted by molar-refractivity contribution is 5.83. The molecular formula is C9H15N3O2. The molecule has 0 aromatic rings. The normalized spacial score (nSPS) is 31.6. The average molecular weight is 197 g/mol. The van der Waals surface area contributed by atoms with Crippen molar-refractivity contribution in [3.05, 3.63) is 0 Å². The van der Waals surface area contributed by atoms with Gasteiger partial charge in [0.05, 0.1) is 12.0 Å². The minimum absolute atomic E-state index is 0.00407. The quantitative estimate of drug-likeness (QED) is 0.510. The molecule has 0 aliphatic carbocycles. The van der Waals surface area contributed by atoms with Crippen LogP contribution in [0.25, 0.3) is 0 Å². The fourth-order valence-corrected chi connectivity index (χ4v) is 1.90. The van der Waals surface area contributed by atoms with Crippen molar-refractivity contribution in [1.82, 2.24) is 16.0 Å². The molecule has 0 radical (unpaired) electrons. The van der Waals surface area contributed by atoms with E-state index in [1.54, 1.807) is 0 Å². The molecule has 2 aliphatic rings. The Morgan fingerprint density at radius 1 is 1.43 bits per heavy atom. The van der Waals surface area contributed by atoms with Gasteiger partial charge in [0.15, 0.2) is 0 Å². The van der Waals surface area contributed by atoms with Gasteiger partial charge in [-0.3, -0.25) is 9.59 Å². The molecule has 0 aromatic heterocycles. The van der Waals surface area contributed by atoms with Crippen LogP contribution >= 0.6 is 0 Å². The number of hydrogen-bond donors (Lipinski definition) is 3. The van der Waals surface area contributed by atoms with Crippen molar-refractivity contribution in [1.29, 1.82) is 0 Å². The van der Waals surface area contributed by atoms with Crippen LogP contribution in [-0.2, 0) is 9.59 Å². The highest BCUT2D eigenvalue weighted by Gasteiger charge is 2.27. The van der Waals surface area contributed by atoms with Gasteiger partial charge in [-0.05, 0) is 13.0 Å². The third-order valence-electron chi connectivity index (χ3n) is 2.75. The second kappa shape index (κ2) is 3.96. The van der Waals surface area contributed by atoms with E-state index >= 15 is 0 Å². The van der Waals surface area contributed by atoms with Crippen molar-refractivity contribution in [3.63, 3.8) is 0 Å². The predicted molar refractivity (Wildman–Crippen MR) is 50.5 cm³/mol. The lowest BCUT2D eigenvalue weighted by atomic mass is 10.1. The average Bonchev–Trinajstić information content (AvgIpc) is 2.75. The van der Waals surface area contributed by atoms with Crippen LogP contribution in [0.3, 0.4) is 0 Å². The van der Waals surface area contributed by atoms with E-state index in [1.165, 1.54) is 0 Å². The number of carbonyl (C=O) groups excluding carboxylic acids is 2. The predicted octanol–water partition coefficient (Wildman–Crippen LogP) is -1.40. The maximum atomic E-state index is 11.6. The first kappa shape index (κ1) is 9.45. The van der Waals surface area contributed by atoms with Crippen LogP contribution in [0.2, 0.25) is 0 Å². The summed E-state index contributed by atoms with van der Waals surface area (Å²) < 4.78 is 0. The van der Waals surface area contributed by atoms with E-state index in [1.807, 2.05) is 0 Å². The molecule has 14 heavy (non-hydrogen) atoms. The number of rotatable bonds is 2. The molecule has 5 heteroatoms. The van der Waals surface area contributed by atoms with E-state index in [0.29, 0.717) is 13.0 Å². The van der Waals surface area contributed by atoms with Crippen molar-refractivity contribution in [2.45, 2.75) is 18.9 Å². The van der Waals surface area contributed by atoms with Crippen LogP contribution in [0, 0.1) is 5.92 Å². The molecule has 5 nitrogen and oxygen atoms in total. The molecule has 0 bridgehead atoms. The summed E-state index contributed by atoms with van der Waals surface area (Å²) in [5.41, 5.74) is 0. The summed E-state index contributed by atoms with van der Waals surface area (Å²) in [6, 6.07) is -0.00407. The fraction of sp³-hybridized carbons (Fsp3) is 0.778. The SMILES string of the molecule is O=C1CC(NC(=O)[C@H]2CCNC2)CN1. The van der Waals surface area contributed by atoms with Gasteiger partial charge >= 0.3 is 0 Å². The smallest absolute Gasteiger partial charge is 0.224 e. The first-order chi connectivity index (χ1) is 6.75. The zero-order chi connectivity index (χ0) is 9.97. The number of nitrogens with one attached hydrogen (secondary N) is 3. The molecule has 2 heterocycles. The summed E-state index contributed by atoms with van der Waals surface area (Å²) in [4.78, 5) is 22.5. The van der Waals surface area contributed by atoms with Crippen LogP contribution in [0.1, 0.15) is 12.8 Å². The van der Waals surface area contributed by atoms with Gasteiger partial charge in [0.2, 0.25) is 11.8 Å². The van der Waals surface area contributed by atoms with E-state index in [2.05, 4.69) is 16.0 Å². The maximum Gasteiger partial charge on any atom is 0.224 e. The molecule has 0 aromatic carbocycles. The Kier molecular flexibility index (Phi) is 2.67. The number of amides is 2. The van der Waals surface area contributed by atoms with Gasteiger partial charge in [-0.2, -0.15) is 0 Å². The Labute approximate surface area is 82.6 Å². The summed E-state index contributed by atoms with van der Waals surface area (Å²) >= 11 is 0. The third-order valence-corrected chi connectivity index (χ3v) is 2.75.